The van der Waals surface area contributed by atoms with Crippen LogP contribution in [0.3, 0.4) is 0 Å². The van der Waals surface area contributed by atoms with Gasteiger partial charge in [-0.25, -0.2) is 4.98 Å². The summed E-state index contributed by atoms with van der Waals surface area (Å²) in [5.41, 5.74) is 3.60. The minimum Gasteiger partial charge on any atom is -0.301 e. The van der Waals surface area contributed by atoms with Crippen molar-refractivity contribution in [1.29, 1.82) is 0 Å². The average molecular weight is 386 g/mol. The largest absolute Gasteiger partial charge is 0.301 e. The van der Waals surface area contributed by atoms with Crippen molar-refractivity contribution >= 4 is 33.4 Å². The van der Waals surface area contributed by atoms with E-state index in [1.165, 1.54) is 10.4 Å². The van der Waals surface area contributed by atoms with Crippen LogP contribution in [0.25, 0.3) is 10.3 Å². The minimum atomic E-state index is 0.0549. The van der Waals surface area contributed by atoms with Gasteiger partial charge in [0.15, 0.2) is 5.03 Å². The van der Waals surface area contributed by atoms with Gasteiger partial charge in [-0.3, -0.25) is 9.36 Å². The van der Waals surface area contributed by atoms with E-state index in [-0.39, 0.29) is 5.56 Å². The third kappa shape index (κ3) is 3.33. The zero-order valence-corrected chi connectivity index (χ0v) is 16.8. The molecule has 0 bridgehead atoms. The SMILES string of the molecule is CCCSc1nc2sc3c(c2n(Cc2ccccc2)c1=O)CCN(C)C3. The van der Waals surface area contributed by atoms with Crippen molar-refractivity contribution < 1.29 is 0 Å². The van der Waals surface area contributed by atoms with Gasteiger partial charge in [0.25, 0.3) is 5.56 Å². The van der Waals surface area contributed by atoms with Crippen molar-refractivity contribution in [3.8, 4) is 0 Å². The average Bonchev–Trinajstić information content (AvgIpc) is 3.00. The van der Waals surface area contributed by atoms with Crippen molar-refractivity contribution in [2.75, 3.05) is 19.3 Å². The van der Waals surface area contributed by atoms with Crippen LogP contribution in [0.5, 0.6) is 0 Å². The number of likely N-dealkylation sites (N-methyl/N-ethyl adjacent to an activating group) is 1. The Bertz CT molecular complexity index is 978. The van der Waals surface area contributed by atoms with Crippen LogP contribution in [-0.4, -0.2) is 33.8 Å². The maximum absolute atomic E-state index is 13.2. The Morgan fingerprint density at radius 3 is 2.85 bits per heavy atom. The van der Waals surface area contributed by atoms with E-state index in [1.807, 2.05) is 22.8 Å². The minimum absolute atomic E-state index is 0.0549. The Morgan fingerprint density at radius 1 is 1.27 bits per heavy atom. The second kappa shape index (κ2) is 7.55. The molecule has 0 spiro atoms. The highest BCUT2D eigenvalue weighted by Gasteiger charge is 2.24. The number of nitrogens with zero attached hydrogens (tertiary/aromatic N) is 3. The van der Waals surface area contributed by atoms with E-state index in [1.54, 1.807) is 23.1 Å². The van der Waals surface area contributed by atoms with Crippen LogP contribution >= 0.6 is 23.1 Å². The van der Waals surface area contributed by atoms with Gasteiger partial charge in [0.2, 0.25) is 0 Å². The lowest BCUT2D eigenvalue weighted by Crippen LogP contribution is -2.27. The van der Waals surface area contributed by atoms with E-state index >= 15 is 0 Å². The lowest BCUT2D eigenvalue weighted by Gasteiger charge is -2.22. The summed E-state index contributed by atoms with van der Waals surface area (Å²) in [7, 11) is 2.15. The molecule has 0 N–H and O–H groups in total. The molecule has 4 nitrogen and oxygen atoms in total. The van der Waals surface area contributed by atoms with Crippen molar-refractivity contribution in [2.45, 2.75) is 37.9 Å². The molecule has 0 atom stereocenters. The summed E-state index contributed by atoms with van der Waals surface area (Å²) in [6.45, 7) is 4.73. The number of benzene rings is 1. The van der Waals surface area contributed by atoms with Gasteiger partial charge in [-0.1, -0.05) is 37.3 Å². The van der Waals surface area contributed by atoms with Gasteiger partial charge in [0.05, 0.1) is 12.1 Å². The Kier molecular flexibility index (Phi) is 5.16. The first-order chi connectivity index (χ1) is 12.7. The number of rotatable bonds is 5. The summed E-state index contributed by atoms with van der Waals surface area (Å²) in [6.07, 6.45) is 2.03. The summed E-state index contributed by atoms with van der Waals surface area (Å²) in [5, 5.41) is 0.641. The molecule has 2 aromatic heterocycles. The summed E-state index contributed by atoms with van der Waals surface area (Å²) in [6, 6.07) is 10.3. The number of hydrogen-bond acceptors (Lipinski definition) is 5. The highest BCUT2D eigenvalue weighted by atomic mass is 32.2. The van der Waals surface area contributed by atoms with E-state index in [4.69, 9.17) is 4.98 Å². The number of hydrogen-bond donors (Lipinski definition) is 0. The fourth-order valence-electron chi connectivity index (χ4n) is 3.42. The Labute approximate surface area is 161 Å². The maximum Gasteiger partial charge on any atom is 0.283 e. The van der Waals surface area contributed by atoms with Gasteiger partial charge in [0.1, 0.15) is 4.83 Å². The molecular weight excluding hydrogens is 362 g/mol. The molecule has 0 fully saturated rings. The fourth-order valence-corrected chi connectivity index (χ4v) is 5.57. The summed E-state index contributed by atoms with van der Waals surface area (Å²) in [5.74, 6) is 0.924. The molecule has 1 aliphatic heterocycles. The van der Waals surface area contributed by atoms with Crippen LogP contribution in [-0.2, 0) is 19.5 Å². The molecule has 136 valence electrons. The maximum atomic E-state index is 13.2. The molecule has 26 heavy (non-hydrogen) atoms. The molecule has 6 heteroatoms. The molecule has 1 aromatic carbocycles. The van der Waals surface area contributed by atoms with E-state index in [0.29, 0.717) is 11.6 Å². The Balaban J connectivity index is 1.90. The molecule has 3 aromatic rings. The highest BCUT2D eigenvalue weighted by molar-refractivity contribution is 7.99. The number of thioether (sulfide) groups is 1. The predicted octanol–water partition coefficient (Wildman–Crippen LogP) is 4.00. The Morgan fingerprint density at radius 2 is 2.08 bits per heavy atom. The molecule has 0 unspecified atom stereocenters. The van der Waals surface area contributed by atoms with E-state index in [2.05, 4.69) is 31.0 Å². The third-order valence-corrected chi connectivity index (χ3v) is 6.98. The van der Waals surface area contributed by atoms with Gasteiger partial charge in [-0.15, -0.1) is 23.1 Å². The van der Waals surface area contributed by atoms with Crippen LogP contribution in [0.2, 0.25) is 0 Å². The lowest BCUT2D eigenvalue weighted by atomic mass is 10.1. The van der Waals surface area contributed by atoms with Gasteiger partial charge in [-0.05, 0) is 36.8 Å². The van der Waals surface area contributed by atoms with Crippen molar-refractivity contribution in [3.63, 3.8) is 0 Å². The topological polar surface area (TPSA) is 38.1 Å². The van der Waals surface area contributed by atoms with Crippen LogP contribution in [0.15, 0.2) is 40.2 Å². The second-order valence-electron chi connectivity index (χ2n) is 6.79. The van der Waals surface area contributed by atoms with E-state index in [0.717, 1.165) is 47.6 Å². The van der Waals surface area contributed by atoms with Crippen LogP contribution < -0.4 is 5.56 Å². The third-order valence-electron chi connectivity index (χ3n) is 4.73. The summed E-state index contributed by atoms with van der Waals surface area (Å²) >= 11 is 3.34. The van der Waals surface area contributed by atoms with Crippen molar-refractivity contribution in [1.82, 2.24) is 14.5 Å². The summed E-state index contributed by atoms with van der Waals surface area (Å²) in [4.78, 5) is 22.7. The molecule has 0 aliphatic carbocycles. The molecule has 0 saturated heterocycles. The molecule has 0 radical (unpaired) electrons. The number of fused-ring (bicyclic) bond motifs is 3. The molecule has 0 saturated carbocycles. The van der Waals surface area contributed by atoms with E-state index in [9.17, 15) is 4.79 Å². The van der Waals surface area contributed by atoms with Gasteiger partial charge in [0, 0.05) is 18.0 Å². The standard InChI is InChI=1S/C20H23N3OS2/c1-3-11-25-19-20(24)23(12-14-7-5-4-6-8-14)17-15-9-10-22(2)13-16(15)26-18(17)21-19/h4-8H,3,9-13H2,1-2H3. The molecule has 4 rings (SSSR count). The molecule has 3 heterocycles. The zero-order valence-electron chi connectivity index (χ0n) is 15.2. The highest BCUT2D eigenvalue weighted by Crippen LogP contribution is 2.34. The molecular formula is C20H23N3OS2. The summed E-state index contributed by atoms with van der Waals surface area (Å²) < 4.78 is 1.97. The normalized spacial score (nSPS) is 14.7. The fraction of sp³-hybridized carbons (Fsp3) is 0.400. The Hall–Kier alpha value is -1.63. The first-order valence-corrected chi connectivity index (χ1v) is 10.9. The zero-order chi connectivity index (χ0) is 18.1. The predicted molar refractivity (Wildman–Crippen MR) is 110 cm³/mol. The van der Waals surface area contributed by atoms with Crippen molar-refractivity contribution in [2.24, 2.45) is 0 Å². The first kappa shape index (κ1) is 17.8. The number of thiophene rings is 1. The molecule has 0 amide bonds. The van der Waals surface area contributed by atoms with Crippen LogP contribution in [0.4, 0.5) is 0 Å². The first-order valence-electron chi connectivity index (χ1n) is 9.07. The van der Waals surface area contributed by atoms with Crippen LogP contribution in [0.1, 0.15) is 29.3 Å². The smallest absolute Gasteiger partial charge is 0.283 e. The molecule has 1 aliphatic rings. The lowest BCUT2D eigenvalue weighted by molar-refractivity contribution is 0.317. The van der Waals surface area contributed by atoms with Gasteiger partial charge < -0.3 is 4.90 Å². The van der Waals surface area contributed by atoms with E-state index < -0.39 is 0 Å². The second-order valence-corrected chi connectivity index (χ2v) is 8.95. The van der Waals surface area contributed by atoms with Gasteiger partial charge in [-0.2, -0.15) is 0 Å². The quantitative estimate of drug-likeness (QED) is 0.622. The van der Waals surface area contributed by atoms with Crippen LogP contribution in [0, 0.1) is 0 Å². The monoisotopic (exact) mass is 385 g/mol. The van der Waals surface area contributed by atoms with Crippen molar-refractivity contribution in [3.05, 3.63) is 56.7 Å². The number of aromatic nitrogens is 2. The van der Waals surface area contributed by atoms with Gasteiger partial charge >= 0.3 is 0 Å².